The van der Waals surface area contributed by atoms with E-state index in [1.165, 1.54) is 12.5 Å². The molecule has 0 spiro atoms. The summed E-state index contributed by atoms with van der Waals surface area (Å²) in [5.74, 6) is 0.633. The zero-order valence-electron chi connectivity index (χ0n) is 21.2. The molecule has 1 aliphatic rings. The molecule has 190 valence electrons. The zero-order chi connectivity index (χ0) is 26.2. The average molecular weight is 497 g/mol. The Balaban J connectivity index is 1.52. The maximum atomic E-state index is 12.7. The van der Waals surface area contributed by atoms with Crippen molar-refractivity contribution in [1.82, 2.24) is 15.5 Å². The molecule has 37 heavy (non-hydrogen) atoms. The number of amides is 2. The van der Waals surface area contributed by atoms with E-state index < -0.39 is 0 Å². The second-order valence-electron chi connectivity index (χ2n) is 9.26. The van der Waals surface area contributed by atoms with Crippen molar-refractivity contribution >= 4 is 11.8 Å². The number of hydrogen-bond donors (Lipinski definition) is 2. The van der Waals surface area contributed by atoms with Crippen LogP contribution in [0.15, 0.2) is 72.8 Å². The van der Waals surface area contributed by atoms with Crippen molar-refractivity contribution in [2.24, 2.45) is 0 Å². The molecule has 2 N–H and O–H groups in total. The minimum absolute atomic E-state index is 0.0198. The van der Waals surface area contributed by atoms with Gasteiger partial charge < -0.3 is 20.3 Å². The van der Waals surface area contributed by atoms with Gasteiger partial charge in [-0.05, 0) is 47.4 Å². The molecule has 0 aromatic heterocycles. The first kappa shape index (κ1) is 25.9. The second-order valence-corrected chi connectivity index (χ2v) is 9.26. The Labute approximate surface area is 218 Å². The van der Waals surface area contributed by atoms with Gasteiger partial charge in [-0.25, -0.2) is 0 Å². The molecule has 3 aromatic carbocycles. The van der Waals surface area contributed by atoms with Crippen molar-refractivity contribution in [2.75, 3.05) is 26.7 Å². The van der Waals surface area contributed by atoms with Crippen LogP contribution in [0, 0.1) is 11.3 Å². The summed E-state index contributed by atoms with van der Waals surface area (Å²) in [6, 6.07) is 26.2. The first-order chi connectivity index (χ1) is 18.0. The van der Waals surface area contributed by atoms with E-state index in [9.17, 15) is 14.9 Å². The number of carbonyl (C=O) groups is 2. The average Bonchev–Trinajstić information content (AvgIpc) is 2.95. The summed E-state index contributed by atoms with van der Waals surface area (Å²) in [5.41, 5.74) is 4.83. The molecular formula is C30H32N4O3. The number of nitrogens with zero attached hydrogens (tertiary/aromatic N) is 2. The number of nitrogens with one attached hydrogen (secondary N) is 2. The van der Waals surface area contributed by atoms with E-state index in [0.717, 1.165) is 28.9 Å². The fourth-order valence-electron chi connectivity index (χ4n) is 4.88. The lowest BCUT2D eigenvalue weighted by atomic mass is 9.85. The smallest absolute Gasteiger partial charge is 0.241 e. The third-order valence-corrected chi connectivity index (χ3v) is 6.84. The highest BCUT2D eigenvalue weighted by Crippen LogP contribution is 2.30. The Morgan fingerprint density at radius 3 is 2.57 bits per heavy atom. The largest absolute Gasteiger partial charge is 0.496 e. The van der Waals surface area contributed by atoms with E-state index in [2.05, 4.69) is 34.9 Å². The van der Waals surface area contributed by atoms with Crippen molar-refractivity contribution in [2.45, 2.75) is 31.8 Å². The Kier molecular flexibility index (Phi) is 8.55. The predicted molar refractivity (Wildman–Crippen MR) is 143 cm³/mol. The lowest BCUT2D eigenvalue weighted by Crippen LogP contribution is -2.51. The van der Waals surface area contributed by atoms with Crippen LogP contribution in [0.4, 0.5) is 0 Å². The number of benzene rings is 3. The van der Waals surface area contributed by atoms with Gasteiger partial charge >= 0.3 is 0 Å². The molecule has 7 heteroatoms. The van der Waals surface area contributed by atoms with Gasteiger partial charge in [0.1, 0.15) is 5.75 Å². The summed E-state index contributed by atoms with van der Waals surface area (Å²) in [4.78, 5) is 25.8. The first-order valence-corrected chi connectivity index (χ1v) is 12.5. The summed E-state index contributed by atoms with van der Waals surface area (Å²) >= 11 is 0. The number of likely N-dealkylation sites (tertiary alicyclic amines) is 1. The molecule has 1 heterocycles. The molecule has 4 rings (SSSR count). The van der Waals surface area contributed by atoms with Gasteiger partial charge in [-0.2, -0.15) is 5.26 Å². The molecule has 1 fully saturated rings. The molecule has 0 saturated carbocycles. The molecule has 2 unspecified atom stereocenters. The van der Waals surface area contributed by atoms with Gasteiger partial charge in [0.25, 0.3) is 0 Å². The molecule has 1 aliphatic heterocycles. The van der Waals surface area contributed by atoms with Crippen molar-refractivity contribution in [1.29, 1.82) is 5.26 Å². The summed E-state index contributed by atoms with van der Waals surface area (Å²) in [5, 5.41) is 15.6. The summed E-state index contributed by atoms with van der Waals surface area (Å²) in [6.07, 6.45) is 0.789. The van der Waals surface area contributed by atoms with Crippen LogP contribution in [0.2, 0.25) is 0 Å². The molecule has 2 amide bonds. The van der Waals surface area contributed by atoms with Gasteiger partial charge in [0.15, 0.2) is 0 Å². The second kappa shape index (κ2) is 12.2. The third kappa shape index (κ3) is 6.54. The Bertz CT molecular complexity index is 1290. The number of ether oxygens (including phenoxy) is 1. The SMILES string of the molecule is COc1ccc(-c2cccc(C#N)c2)cc1CNC1CCN(C(=O)CNC(C)=O)CC1c1ccccc1. The highest BCUT2D eigenvalue weighted by Gasteiger charge is 2.32. The Morgan fingerprint density at radius 2 is 1.84 bits per heavy atom. The van der Waals surface area contributed by atoms with Crippen LogP contribution in [0.1, 0.15) is 36.0 Å². The fraction of sp³-hybridized carbons (Fsp3) is 0.300. The first-order valence-electron chi connectivity index (χ1n) is 12.5. The molecule has 3 aromatic rings. The van der Waals surface area contributed by atoms with E-state index >= 15 is 0 Å². The minimum atomic E-state index is -0.208. The molecule has 2 atom stereocenters. The molecule has 0 bridgehead atoms. The van der Waals surface area contributed by atoms with Crippen molar-refractivity contribution in [3.05, 3.63) is 89.5 Å². The molecular weight excluding hydrogens is 464 g/mol. The van der Waals surface area contributed by atoms with Crippen LogP contribution in [0.3, 0.4) is 0 Å². The van der Waals surface area contributed by atoms with Gasteiger partial charge in [-0.15, -0.1) is 0 Å². The Morgan fingerprint density at radius 1 is 1.05 bits per heavy atom. The number of rotatable bonds is 8. The van der Waals surface area contributed by atoms with Crippen LogP contribution in [-0.2, 0) is 16.1 Å². The highest BCUT2D eigenvalue weighted by molar-refractivity contribution is 5.83. The number of carbonyl (C=O) groups excluding carboxylic acids is 2. The van der Waals surface area contributed by atoms with Gasteiger partial charge in [-0.1, -0.05) is 48.5 Å². The van der Waals surface area contributed by atoms with Crippen molar-refractivity contribution < 1.29 is 14.3 Å². The number of methoxy groups -OCH3 is 1. The zero-order valence-corrected chi connectivity index (χ0v) is 21.2. The predicted octanol–water partition coefficient (Wildman–Crippen LogP) is 3.84. The summed E-state index contributed by atoms with van der Waals surface area (Å²) < 4.78 is 5.65. The van der Waals surface area contributed by atoms with Crippen LogP contribution in [-0.4, -0.2) is 49.5 Å². The van der Waals surface area contributed by atoms with Gasteiger partial charge in [0.2, 0.25) is 11.8 Å². The number of piperidine rings is 1. The van der Waals surface area contributed by atoms with E-state index in [1.54, 1.807) is 13.2 Å². The lowest BCUT2D eigenvalue weighted by molar-refractivity contribution is -0.133. The fourth-order valence-corrected chi connectivity index (χ4v) is 4.88. The number of nitriles is 1. The van der Waals surface area contributed by atoms with Gasteiger partial charge in [0.05, 0.1) is 25.3 Å². The van der Waals surface area contributed by atoms with Crippen molar-refractivity contribution in [3.63, 3.8) is 0 Å². The number of hydrogen-bond acceptors (Lipinski definition) is 5. The quantitative estimate of drug-likeness (QED) is 0.494. The maximum absolute atomic E-state index is 12.7. The van der Waals surface area contributed by atoms with Gasteiger partial charge in [-0.3, -0.25) is 9.59 Å². The van der Waals surface area contributed by atoms with Crippen LogP contribution in [0.5, 0.6) is 5.75 Å². The standard InChI is InChI=1S/C30H32N4O3/c1-21(35)32-19-30(36)34-14-13-28(27(20-34)23-8-4-3-5-9-23)33-18-26-16-25(11-12-29(26)37-2)24-10-6-7-22(15-24)17-31/h3-12,15-16,27-28,33H,13-14,18-20H2,1-2H3,(H,32,35). The third-order valence-electron chi connectivity index (χ3n) is 6.84. The van der Waals surface area contributed by atoms with Crippen LogP contribution < -0.4 is 15.4 Å². The van der Waals surface area contributed by atoms with E-state index in [-0.39, 0.29) is 30.3 Å². The normalized spacial score (nSPS) is 17.1. The highest BCUT2D eigenvalue weighted by atomic mass is 16.5. The molecule has 0 aliphatic carbocycles. The van der Waals surface area contributed by atoms with Crippen LogP contribution in [0.25, 0.3) is 11.1 Å². The van der Waals surface area contributed by atoms with Gasteiger partial charge in [0, 0.05) is 44.1 Å². The monoisotopic (exact) mass is 496 g/mol. The van der Waals surface area contributed by atoms with E-state index in [4.69, 9.17) is 4.74 Å². The summed E-state index contributed by atoms with van der Waals surface area (Å²) in [6.45, 7) is 3.24. The summed E-state index contributed by atoms with van der Waals surface area (Å²) in [7, 11) is 1.67. The molecule has 7 nitrogen and oxygen atoms in total. The van der Waals surface area contributed by atoms with Crippen molar-refractivity contribution in [3.8, 4) is 22.9 Å². The minimum Gasteiger partial charge on any atom is -0.496 e. The molecule has 1 saturated heterocycles. The van der Waals surface area contributed by atoms with E-state index in [0.29, 0.717) is 25.2 Å². The van der Waals surface area contributed by atoms with E-state index in [1.807, 2.05) is 53.4 Å². The van der Waals surface area contributed by atoms with Crippen LogP contribution >= 0.6 is 0 Å². The maximum Gasteiger partial charge on any atom is 0.241 e. The lowest BCUT2D eigenvalue weighted by Gasteiger charge is -2.39. The topological polar surface area (TPSA) is 94.5 Å². The molecule has 0 radical (unpaired) electrons. The Hall–Kier alpha value is -4.15.